The Morgan fingerprint density at radius 2 is 2.17 bits per heavy atom. The van der Waals surface area contributed by atoms with Crippen LogP contribution in [0.25, 0.3) is 0 Å². The minimum Gasteiger partial charge on any atom is -0.352 e. The molecule has 1 aliphatic heterocycles. The number of urea groups is 1. The van der Waals surface area contributed by atoms with Gasteiger partial charge < -0.3 is 15.5 Å². The van der Waals surface area contributed by atoms with Crippen LogP contribution in [-0.2, 0) is 11.3 Å². The molecule has 0 aliphatic carbocycles. The highest BCUT2D eigenvalue weighted by atomic mass is 19.1. The van der Waals surface area contributed by atoms with E-state index in [0.29, 0.717) is 12.2 Å². The minimum absolute atomic E-state index is 0.0238. The number of hydrogen-bond donors (Lipinski definition) is 2. The molecule has 0 bridgehead atoms. The maximum absolute atomic E-state index is 12.6. The fourth-order valence-electron chi connectivity index (χ4n) is 2.66. The van der Waals surface area contributed by atoms with E-state index in [1.807, 2.05) is 30.3 Å². The zero-order valence-electron chi connectivity index (χ0n) is 13.0. The van der Waals surface area contributed by atoms with Gasteiger partial charge in [-0.3, -0.25) is 9.48 Å². The van der Waals surface area contributed by atoms with Gasteiger partial charge in [0.2, 0.25) is 5.91 Å². The zero-order valence-corrected chi connectivity index (χ0v) is 13.0. The van der Waals surface area contributed by atoms with Crippen LogP contribution >= 0.6 is 0 Å². The van der Waals surface area contributed by atoms with Crippen LogP contribution in [0.15, 0.2) is 42.7 Å². The Morgan fingerprint density at radius 1 is 1.38 bits per heavy atom. The van der Waals surface area contributed by atoms with Crippen molar-refractivity contribution in [2.45, 2.75) is 12.6 Å². The van der Waals surface area contributed by atoms with E-state index in [-0.39, 0.29) is 25.0 Å². The standard InChI is InChI=1S/C16H18FN5O2/c17-6-7-21-10-13(8-19-21)20-16(24)22-11-15(23)18-9-14(22)12-4-2-1-3-5-12/h1-5,8,10,14H,6-7,9,11H2,(H,18,23)(H,20,24)/t14-/m0/s1. The first kappa shape index (κ1) is 16.0. The van der Waals surface area contributed by atoms with Gasteiger partial charge in [0, 0.05) is 12.7 Å². The SMILES string of the molecule is O=C1CN(C(=O)Nc2cnn(CCF)c2)[C@H](c2ccccc2)CN1. The molecule has 0 unspecified atom stereocenters. The van der Waals surface area contributed by atoms with Crippen molar-refractivity contribution in [2.24, 2.45) is 0 Å². The van der Waals surface area contributed by atoms with Crippen molar-refractivity contribution in [1.29, 1.82) is 0 Å². The number of nitrogens with zero attached hydrogens (tertiary/aromatic N) is 3. The number of aryl methyl sites for hydroxylation is 1. The van der Waals surface area contributed by atoms with Crippen LogP contribution in [0.3, 0.4) is 0 Å². The van der Waals surface area contributed by atoms with Gasteiger partial charge in [-0.1, -0.05) is 30.3 Å². The Kier molecular flexibility index (Phi) is 4.74. The minimum atomic E-state index is -0.530. The summed E-state index contributed by atoms with van der Waals surface area (Å²) in [6.07, 6.45) is 3.01. The van der Waals surface area contributed by atoms with E-state index in [0.717, 1.165) is 5.56 Å². The number of carbonyl (C=O) groups is 2. The molecule has 24 heavy (non-hydrogen) atoms. The van der Waals surface area contributed by atoms with E-state index >= 15 is 0 Å². The molecule has 1 atom stereocenters. The number of amides is 3. The summed E-state index contributed by atoms with van der Waals surface area (Å²) in [5.74, 6) is -0.203. The molecule has 126 valence electrons. The monoisotopic (exact) mass is 331 g/mol. The van der Waals surface area contributed by atoms with Crippen molar-refractivity contribution >= 4 is 17.6 Å². The molecule has 1 aliphatic rings. The number of piperazine rings is 1. The first-order valence-electron chi connectivity index (χ1n) is 7.65. The van der Waals surface area contributed by atoms with Crippen molar-refractivity contribution in [3.05, 3.63) is 48.3 Å². The van der Waals surface area contributed by atoms with Crippen molar-refractivity contribution < 1.29 is 14.0 Å². The van der Waals surface area contributed by atoms with E-state index in [4.69, 9.17) is 0 Å². The van der Waals surface area contributed by atoms with Crippen LogP contribution in [0.4, 0.5) is 14.9 Å². The molecule has 1 aromatic heterocycles. The summed E-state index contributed by atoms with van der Waals surface area (Å²) in [4.78, 5) is 25.8. The lowest BCUT2D eigenvalue weighted by Crippen LogP contribution is -2.53. The average molecular weight is 331 g/mol. The van der Waals surface area contributed by atoms with Gasteiger partial charge in [-0.15, -0.1) is 0 Å². The van der Waals surface area contributed by atoms with Gasteiger partial charge in [-0.2, -0.15) is 5.10 Å². The van der Waals surface area contributed by atoms with E-state index < -0.39 is 12.7 Å². The van der Waals surface area contributed by atoms with E-state index in [9.17, 15) is 14.0 Å². The summed E-state index contributed by atoms with van der Waals surface area (Å²) < 4.78 is 13.7. The highest BCUT2D eigenvalue weighted by Gasteiger charge is 2.31. The number of benzene rings is 1. The summed E-state index contributed by atoms with van der Waals surface area (Å²) in [6.45, 7) is -0.0620. The smallest absolute Gasteiger partial charge is 0.322 e. The fraction of sp³-hybridized carbons (Fsp3) is 0.312. The second-order valence-electron chi connectivity index (χ2n) is 5.47. The molecular weight excluding hydrogens is 313 g/mol. The topological polar surface area (TPSA) is 79.3 Å². The predicted octanol–water partition coefficient (Wildman–Crippen LogP) is 1.56. The maximum Gasteiger partial charge on any atom is 0.322 e. The third kappa shape index (κ3) is 3.53. The lowest BCUT2D eigenvalue weighted by molar-refractivity contribution is -0.124. The number of carbonyl (C=O) groups excluding carboxylic acids is 2. The molecule has 0 saturated carbocycles. The number of alkyl halides is 1. The molecular formula is C16H18FN5O2. The highest BCUT2D eigenvalue weighted by Crippen LogP contribution is 2.23. The lowest BCUT2D eigenvalue weighted by Gasteiger charge is -2.35. The van der Waals surface area contributed by atoms with Crippen LogP contribution in [-0.4, -0.2) is 46.4 Å². The van der Waals surface area contributed by atoms with Gasteiger partial charge in [0.05, 0.1) is 24.5 Å². The summed E-state index contributed by atoms with van der Waals surface area (Å²) in [7, 11) is 0. The molecule has 2 aromatic rings. The van der Waals surface area contributed by atoms with Crippen molar-refractivity contribution in [3.63, 3.8) is 0 Å². The number of halogens is 1. The third-order valence-electron chi connectivity index (χ3n) is 3.83. The van der Waals surface area contributed by atoms with Crippen molar-refractivity contribution in [3.8, 4) is 0 Å². The van der Waals surface area contributed by atoms with Gasteiger partial charge >= 0.3 is 6.03 Å². The quantitative estimate of drug-likeness (QED) is 0.892. The van der Waals surface area contributed by atoms with Crippen LogP contribution in [0, 0.1) is 0 Å². The van der Waals surface area contributed by atoms with E-state index in [2.05, 4.69) is 15.7 Å². The molecule has 7 nitrogen and oxygen atoms in total. The largest absolute Gasteiger partial charge is 0.352 e. The van der Waals surface area contributed by atoms with Crippen LogP contribution in [0.2, 0.25) is 0 Å². The number of nitrogens with one attached hydrogen (secondary N) is 2. The average Bonchev–Trinajstić information content (AvgIpc) is 3.03. The molecule has 1 aromatic carbocycles. The van der Waals surface area contributed by atoms with Crippen molar-refractivity contribution in [1.82, 2.24) is 20.0 Å². The second kappa shape index (κ2) is 7.12. The molecule has 3 rings (SSSR count). The molecule has 2 heterocycles. The summed E-state index contributed by atoms with van der Waals surface area (Å²) in [5.41, 5.74) is 1.41. The van der Waals surface area contributed by atoms with Gasteiger partial charge in [0.15, 0.2) is 0 Å². The molecule has 0 spiro atoms. The van der Waals surface area contributed by atoms with Crippen LogP contribution in [0.1, 0.15) is 11.6 Å². The van der Waals surface area contributed by atoms with Crippen LogP contribution in [0.5, 0.6) is 0 Å². The third-order valence-corrected chi connectivity index (χ3v) is 3.83. The highest BCUT2D eigenvalue weighted by molar-refractivity contribution is 5.93. The molecule has 1 fully saturated rings. The molecule has 8 heteroatoms. The van der Waals surface area contributed by atoms with E-state index in [1.165, 1.54) is 15.8 Å². The van der Waals surface area contributed by atoms with Crippen LogP contribution < -0.4 is 10.6 Å². The first-order valence-corrected chi connectivity index (χ1v) is 7.65. The number of aromatic nitrogens is 2. The molecule has 3 amide bonds. The molecule has 1 saturated heterocycles. The van der Waals surface area contributed by atoms with Gasteiger partial charge in [-0.05, 0) is 5.56 Å². The fourth-order valence-corrected chi connectivity index (χ4v) is 2.66. The summed E-state index contributed by atoms with van der Waals surface area (Å²) in [6, 6.07) is 8.88. The summed E-state index contributed by atoms with van der Waals surface area (Å²) >= 11 is 0. The number of hydrogen-bond acceptors (Lipinski definition) is 3. The Labute approximate surface area is 138 Å². The Balaban J connectivity index is 1.75. The van der Waals surface area contributed by atoms with Crippen molar-refractivity contribution in [2.75, 3.05) is 25.1 Å². The Morgan fingerprint density at radius 3 is 2.92 bits per heavy atom. The lowest BCUT2D eigenvalue weighted by atomic mass is 10.0. The normalized spacial score (nSPS) is 17.5. The molecule has 0 radical (unpaired) electrons. The van der Waals surface area contributed by atoms with Gasteiger partial charge in [0.1, 0.15) is 13.2 Å². The van der Waals surface area contributed by atoms with E-state index in [1.54, 1.807) is 6.20 Å². The predicted molar refractivity (Wildman–Crippen MR) is 86.1 cm³/mol. The van der Waals surface area contributed by atoms with Gasteiger partial charge in [0.25, 0.3) is 0 Å². The second-order valence-corrected chi connectivity index (χ2v) is 5.47. The Bertz CT molecular complexity index is 718. The van der Waals surface area contributed by atoms with Gasteiger partial charge in [-0.25, -0.2) is 9.18 Å². The number of rotatable bonds is 4. The Hall–Kier alpha value is -2.90. The maximum atomic E-state index is 12.6. The number of anilines is 1. The first-order chi connectivity index (χ1) is 11.7. The molecule has 2 N–H and O–H groups in total. The zero-order chi connectivity index (χ0) is 16.9. The summed E-state index contributed by atoms with van der Waals surface area (Å²) in [5, 5.41) is 9.45.